The largest absolute Gasteiger partial charge is 0.507 e. The molecule has 61 heavy (non-hydrogen) atoms. The van der Waals surface area contributed by atoms with E-state index in [9.17, 15) is 65.1 Å². The highest BCUT2D eigenvalue weighted by Crippen LogP contribution is 2.57. The molecule has 328 valence electrons. The van der Waals surface area contributed by atoms with Crippen LogP contribution in [-0.4, -0.2) is 159 Å². The Morgan fingerprint density at radius 3 is 2.21 bits per heavy atom. The summed E-state index contributed by atoms with van der Waals surface area (Å²) < 4.78 is 33.6. The number of fused-ring (bicyclic) bond motifs is 5. The SMILES string of the molecule is CN[C@H]1C(C)O[C@@H](O[C@H]2c3cc(C)c(C(=O)N[C@H](CO)OC=O)c(O)c3-c3c(cc4c(c3O)C(=O)c3cc(OC)cc(O)c3C4=O)[C@@H]2O)[C@H](O)C1O[C@@H]1OC[C@@H](O)[C@H](O)C1O. The van der Waals surface area contributed by atoms with E-state index in [0.717, 1.165) is 12.1 Å². The van der Waals surface area contributed by atoms with Crippen molar-refractivity contribution in [2.24, 2.45) is 0 Å². The van der Waals surface area contributed by atoms with Crippen molar-refractivity contribution >= 4 is 23.9 Å². The minimum absolute atomic E-state index is 0.0107. The van der Waals surface area contributed by atoms with E-state index in [1.165, 1.54) is 33.2 Å². The number of phenols is 3. The molecule has 2 aliphatic heterocycles. The molecule has 0 aromatic heterocycles. The molecule has 3 aromatic rings. The molecule has 21 heteroatoms. The number of aliphatic hydroxyl groups excluding tert-OH is 6. The van der Waals surface area contributed by atoms with Crippen LogP contribution in [0.25, 0.3) is 11.1 Å². The first-order chi connectivity index (χ1) is 29.0. The number of aromatic hydroxyl groups is 3. The number of ether oxygens (including phenoxy) is 6. The Bertz CT molecular complexity index is 2270. The lowest BCUT2D eigenvalue weighted by Gasteiger charge is -2.47. The molecule has 1 amide bonds. The topological polar surface area (TPSA) is 330 Å². The van der Waals surface area contributed by atoms with E-state index < -0.39 is 149 Å². The lowest BCUT2D eigenvalue weighted by Crippen LogP contribution is -2.65. The maximum atomic E-state index is 14.1. The molecule has 4 aliphatic rings. The second kappa shape index (κ2) is 16.9. The van der Waals surface area contributed by atoms with Gasteiger partial charge in [0.05, 0.1) is 49.2 Å². The number of carbonyl (C=O) groups is 4. The van der Waals surface area contributed by atoms with Gasteiger partial charge in [0.1, 0.15) is 65.7 Å². The molecule has 12 atom stereocenters. The molecule has 3 unspecified atom stereocenters. The zero-order valence-electron chi connectivity index (χ0n) is 32.8. The van der Waals surface area contributed by atoms with Gasteiger partial charge in [0.25, 0.3) is 12.4 Å². The molecule has 2 aliphatic carbocycles. The molecule has 2 fully saturated rings. The summed E-state index contributed by atoms with van der Waals surface area (Å²) in [5, 5.41) is 105. The summed E-state index contributed by atoms with van der Waals surface area (Å²) in [5.74, 6) is -5.32. The summed E-state index contributed by atoms with van der Waals surface area (Å²) in [6, 6.07) is 3.83. The van der Waals surface area contributed by atoms with E-state index in [1.54, 1.807) is 6.92 Å². The highest BCUT2D eigenvalue weighted by Gasteiger charge is 2.51. The van der Waals surface area contributed by atoms with Crippen molar-refractivity contribution in [1.29, 1.82) is 0 Å². The van der Waals surface area contributed by atoms with Crippen molar-refractivity contribution in [3.63, 3.8) is 0 Å². The van der Waals surface area contributed by atoms with E-state index in [1.807, 2.05) is 0 Å². The summed E-state index contributed by atoms with van der Waals surface area (Å²) in [4.78, 5) is 52.8. The number of aryl methyl sites for hydroxylation is 1. The van der Waals surface area contributed by atoms with Gasteiger partial charge in [-0.05, 0) is 49.7 Å². The summed E-state index contributed by atoms with van der Waals surface area (Å²) in [6.45, 7) is 1.67. The number of hydrogen-bond donors (Lipinski definition) is 11. The van der Waals surface area contributed by atoms with Gasteiger partial charge in [0, 0.05) is 28.3 Å². The van der Waals surface area contributed by atoms with Gasteiger partial charge in [-0.1, -0.05) is 6.07 Å². The molecule has 11 N–H and O–H groups in total. The van der Waals surface area contributed by atoms with Crippen LogP contribution in [0.3, 0.4) is 0 Å². The fourth-order valence-electron chi connectivity index (χ4n) is 8.37. The zero-order chi connectivity index (χ0) is 44.3. The number of likely N-dealkylation sites (N-methyl/N-ethyl adjacent to an activating group) is 1. The summed E-state index contributed by atoms with van der Waals surface area (Å²) in [6.07, 6.45) is -17.2. The van der Waals surface area contributed by atoms with Gasteiger partial charge in [0.15, 0.2) is 30.4 Å². The van der Waals surface area contributed by atoms with Crippen molar-refractivity contribution in [2.45, 2.75) is 87.5 Å². The second-order valence-corrected chi connectivity index (χ2v) is 15.0. The Kier molecular flexibility index (Phi) is 12.1. The molecule has 0 spiro atoms. The van der Waals surface area contributed by atoms with Gasteiger partial charge in [0.2, 0.25) is 0 Å². The van der Waals surface area contributed by atoms with Gasteiger partial charge in [-0.15, -0.1) is 0 Å². The van der Waals surface area contributed by atoms with Gasteiger partial charge >= 0.3 is 0 Å². The van der Waals surface area contributed by atoms with Crippen LogP contribution in [0.1, 0.15) is 78.0 Å². The first-order valence-electron chi connectivity index (χ1n) is 18.9. The molecule has 21 nitrogen and oxygen atoms in total. The van der Waals surface area contributed by atoms with Crippen LogP contribution in [0.4, 0.5) is 0 Å². The van der Waals surface area contributed by atoms with Crippen molar-refractivity contribution < 1.29 is 93.6 Å². The number of methoxy groups -OCH3 is 1. The second-order valence-electron chi connectivity index (χ2n) is 15.0. The number of rotatable bonds is 11. The number of aliphatic hydroxyl groups is 6. The van der Waals surface area contributed by atoms with E-state index in [-0.39, 0.29) is 40.0 Å². The zero-order valence-corrected chi connectivity index (χ0v) is 32.8. The van der Waals surface area contributed by atoms with Gasteiger partial charge < -0.3 is 85.0 Å². The molecule has 2 saturated heterocycles. The molecular weight excluding hydrogens is 812 g/mol. The van der Waals surface area contributed by atoms with Gasteiger partial charge in [-0.2, -0.15) is 0 Å². The van der Waals surface area contributed by atoms with Gasteiger partial charge in [-0.25, -0.2) is 0 Å². The van der Waals surface area contributed by atoms with E-state index in [2.05, 4.69) is 15.4 Å². The number of ketones is 2. The van der Waals surface area contributed by atoms with E-state index >= 15 is 0 Å². The summed E-state index contributed by atoms with van der Waals surface area (Å²) >= 11 is 0. The average molecular weight is 857 g/mol. The number of hydrogen-bond acceptors (Lipinski definition) is 20. The molecule has 0 radical (unpaired) electrons. The molecule has 2 heterocycles. The predicted octanol–water partition coefficient (Wildman–Crippen LogP) is -1.59. The van der Waals surface area contributed by atoms with E-state index in [0.29, 0.717) is 0 Å². The summed E-state index contributed by atoms with van der Waals surface area (Å²) in [7, 11) is 2.79. The van der Waals surface area contributed by atoms with Crippen molar-refractivity contribution in [3.05, 3.63) is 68.8 Å². The fourth-order valence-corrected chi connectivity index (χ4v) is 8.37. The van der Waals surface area contributed by atoms with Crippen LogP contribution in [0.2, 0.25) is 0 Å². The highest BCUT2D eigenvalue weighted by molar-refractivity contribution is 6.31. The first kappa shape index (κ1) is 43.8. The lowest BCUT2D eigenvalue weighted by atomic mass is 9.74. The number of amides is 1. The fraction of sp³-hybridized carbons (Fsp3) is 0.450. The number of benzene rings is 3. The smallest absolute Gasteiger partial charge is 0.295 e. The number of phenolic OH excluding ortho intramolecular Hbond substituents is 3. The standard InChI is InChI=1S/C40H44N2O19/c1-12-5-18-25(32(51)22(12)38(55)42-21(9-43)58-11-44)24-16(8-17-26(33(24)52)29(48)15-6-14(56-4)7-19(45)23(15)28(17)47)30(49)36(18)60-40-35(54)37(27(41-3)13(2)59-40)61-39-34(53)31(50)20(46)10-57-39/h5-8,11,13,20-21,27,30-31,34-37,39-41,43,45-46,49-54H,9-10H2,1-4H3,(H,42,55)/t13?,20-,21+,27+,30+,31+,34?,35-,36+,37?,39+,40+/m1/s1. The lowest BCUT2D eigenvalue weighted by molar-refractivity contribution is -0.339. The van der Waals surface area contributed by atoms with Gasteiger partial charge in [-0.3, -0.25) is 19.2 Å². The summed E-state index contributed by atoms with van der Waals surface area (Å²) in [5.41, 5.74) is -3.48. The third-order valence-corrected chi connectivity index (χ3v) is 11.4. The first-order valence-corrected chi connectivity index (χ1v) is 18.9. The molecule has 0 bridgehead atoms. The third-order valence-electron chi connectivity index (χ3n) is 11.4. The monoisotopic (exact) mass is 856 g/mol. The van der Waals surface area contributed by atoms with Crippen LogP contribution in [-0.2, 0) is 28.5 Å². The van der Waals surface area contributed by atoms with Crippen molar-refractivity contribution in [1.82, 2.24) is 10.6 Å². The normalized spacial score (nSPS) is 29.7. The van der Waals surface area contributed by atoms with Crippen LogP contribution in [0.5, 0.6) is 23.0 Å². The quantitative estimate of drug-likeness (QED) is 0.0598. The van der Waals surface area contributed by atoms with E-state index in [4.69, 9.17) is 23.7 Å². The Hall–Kier alpha value is -5.30. The average Bonchev–Trinajstić information content (AvgIpc) is 3.22. The maximum absolute atomic E-state index is 14.1. The van der Waals surface area contributed by atoms with Crippen molar-refractivity contribution in [2.75, 3.05) is 27.4 Å². The number of nitrogens with one attached hydrogen (secondary N) is 2. The Balaban J connectivity index is 1.36. The highest BCUT2D eigenvalue weighted by atomic mass is 16.7. The Morgan fingerprint density at radius 2 is 1.56 bits per heavy atom. The minimum Gasteiger partial charge on any atom is -0.507 e. The van der Waals surface area contributed by atoms with Crippen LogP contribution in [0, 0.1) is 6.92 Å². The molecular formula is C40H44N2O19. The molecule has 0 saturated carbocycles. The Labute approximate surface area is 345 Å². The Morgan fingerprint density at radius 1 is 0.885 bits per heavy atom. The number of carbonyl (C=O) groups excluding carboxylic acids is 4. The molecule has 7 rings (SSSR count). The molecule has 3 aromatic carbocycles. The van der Waals surface area contributed by atoms with Crippen molar-refractivity contribution in [3.8, 4) is 34.1 Å². The third kappa shape index (κ3) is 7.26. The van der Waals surface area contributed by atoms with Crippen LogP contribution in [0.15, 0.2) is 24.3 Å². The minimum atomic E-state index is -1.90. The maximum Gasteiger partial charge on any atom is 0.295 e. The van der Waals surface area contributed by atoms with Crippen LogP contribution >= 0.6 is 0 Å². The predicted molar refractivity (Wildman–Crippen MR) is 202 cm³/mol. The van der Waals surface area contributed by atoms with Crippen LogP contribution < -0.4 is 15.4 Å².